The number of esters is 1. The lowest BCUT2D eigenvalue weighted by atomic mass is 9.85. The van der Waals surface area contributed by atoms with Crippen LogP contribution in [0.2, 0.25) is 0 Å². The van der Waals surface area contributed by atoms with Gasteiger partial charge in [0, 0.05) is 56.1 Å². The lowest BCUT2D eigenvalue weighted by Gasteiger charge is -2.34. The number of hydrogen-bond donors (Lipinski definition) is 1. The minimum absolute atomic E-state index is 0.0183. The third kappa shape index (κ3) is 5.42. The van der Waals surface area contributed by atoms with Gasteiger partial charge in [0.15, 0.2) is 0 Å². The SMILES string of the molecule is COC(=O)C1CCC(N2C[C@@H]3C(C(=O)CCC(=O)Nc4cccc(C(C)(F)F)c4)[C@@H]3C2)CC1. The smallest absolute Gasteiger partial charge is 0.308 e. The van der Waals surface area contributed by atoms with Crippen molar-refractivity contribution in [2.24, 2.45) is 23.7 Å². The Bertz CT molecular complexity index is 896. The van der Waals surface area contributed by atoms with E-state index in [1.165, 1.54) is 25.3 Å². The molecule has 2 saturated carbocycles. The van der Waals surface area contributed by atoms with Gasteiger partial charge in [0.2, 0.25) is 5.91 Å². The fourth-order valence-electron chi connectivity index (χ4n) is 5.67. The van der Waals surface area contributed by atoms with E-state index in [0.29, 0.717) is 23.6 Å². The standard InChI is InChI=1S/C25H32F2N2O4/c1-25(26,27)16-4-3-5-17(12-16)28-22(31)11-10-21(30)23-19-13-29(14-20(19)23)18-8-6-15(7-9-18)24(32)33-2/h3-5,12,15,18-20,23H,6-11,13-14H2,1-2H3,(H,28,31)/t15?,18?,19-,20+,23?. The normalized spacial score (nSPS) is 29.3. The molecule has 1 aromatic carbocycles. The number of carbonyl (C=O) groups excluding carboxylic acids is 3. The fourth-order valence-corrected chi connectivity index (χ4v) is 5.67. The molecular formula is C25H32F2N2O4. The minimum Gasteiger partial charge on any atom is -0.469 e. The second-order valence-corrected chi connectivity index (χ2v) is 9.82. The van der Waals surface area contributed by atoms with Crippen LogP contribution >= 0.6 is 0 Å². The van der Waals surface area contributed by atoms with Crippen molar-refractivity contribution in [2.75, 3.05) is 25.5 Å². The molecule has 33 heavy (non-hydrogen) atoms. The quantitative estimate of drug-likeness (QED) is 0.591. The van der Waals surface area contributed by atoms with Crippen molar-refractivity contribution >= 4 is 23.3 Å². The average Bonchev–Trinajstić information content (AvgIpc) is 3.30. The maximum Gasteiger partial charge on any atom is 0.308 e. The van der Waals surface area contributed by atoms with Gasteiger partial charge in [-0.1, -0.05) is 12.1 Å². The molecule has 1 unspecified atom stereocenters. The van der Waals surface area contributed by atoms with Crippen LogP contribution in [0.5, 0.6) is 0 Å². The molecule has 6 nitrogen and oxygen atoms in total. The highest BCUT2D eigenvalue weighted by Gasteiger charge is 2.59. The number of halogens is 2. The summed E-state index contributed by atoms with van der Waals surface area (Å²) in [6, 6.07) is 6.10. The Balaban J connectivity index is 1.18. The zero-order valence-electron chi connectivity index (χ0n) is 19.2. The number of alkyl halides is 2. The summed E-state index contributed by atoms with van der Waals surface area (Å²) in [4.78, 5) is 39.1. The first-order valence-corrected chi connectivity index (χ1v) is 11.8. The van der Waals surface area contributed by atoms with Crippen LogP contribution in [0.3, 0.4) is 0 Å². The van der Waals surface area contributed by atoms with Crippen LogP contribution in [0.25, 0.3) is 0 Å². The Hall–Kier alpha value is -2.35. The Morgan fingerprint density at radius 1 is 1.09 bits per heavy atom. The van der Waals surface area contributed by atoms with E-state index in [2.05, 4.69) is 10.2 Å². The van der Waals surface area contributed by atoms with Gasteiger partial charge in [0.25, 0.3) is 5.92 Å². The van der Waals surface area contributed by atoms with Crippen LogP contribution in [0.4, 0.5) is 14.5 Å². The number of anilines is 1. The Morgan fingerprint density at radius 2 is 1.76 bits per heavy atom. The molecule has 1 amide bonds. The second-order valence-electron chi connectivity index (χ2n) is 9.82. The highest BCUT2D eigenvalue weighted by molar-refractivity contribution is 5.94. The van der Waals surface area contributed by atoms with Gasteiger partial charge in [-0.05, 0) is 49.7 Å². The van der Waals surface area contributed by atoms with Crippen LogP contribution in [0.15, 0.2) is 24.3 Å². The molecule has 8 heteroatoms. The van der Waals surface area contributed by atoms with Crippen molar-refractivity contribution in [3.8, 4) is 0 Å². The van der Waals surface area contributed by atoms with Crippen molar-refractivity contribution in [3.63, 3.8) is 0 Å². The minimum atomic E-state index is -2.98. The van der Waals surface area contributed by atoms with Crippen molar-refractivity contribution in [2.45, 2.75) is 57.4 Å². The number of piperidine rings is 1. The van der Waals surface area contributed by atoms with Crippen molar-refractivity contribution in [1.82, 2.24) is 4.90 Å². The number of ether oxygens (including phenoxy) is 1. The number of fused-ring (bicyclic) bond motifs is 1. The predicted molar refractivity (Wildman–Crippen MR) is 119 cm³/mol. The van der Waals surface area contributed by atoms with Crippen LogP contribution in [0, 0.1) is 23.7 Å². The van der Waals surface area contributed by atoms with Gasteiger partial charge in [-0.25, -0.2) is 8.78 Å². The largest absolute Gasteiger partial charge is 0.469 e. The number of nitrogens with zero attached hydrogens (tertiary/aromatic N) is 1. The van der Waals surface area contributed by atoms with Gasteiger partial charge in [-0.15, -0.1) is 0 Å². The molecule has 1 N–H and O–H groups in total. The molecule has 3 atom stereocenters. The molecule has 0 bridgehead atoms. The molecule has 2 aliphatic carbocycles. The molecule has 3 fully saturated rings. The maximum absolute atomic E-state index is 13.5. The van der Waals surface area contributed by atoms with Crippen molar-refractivity contribution in [1.29, 1.82) is 0 Å². The third-order valence-corrected chi connectivity index (χ3v) is 7.59. The Kier molecular flexibility index (Phi) is 6.84. The zero-order chi connectivity index (χ0) is 23.8. The molecule has 3 aliphatic rings. The monoisotopic (exact) mass is 462 g/mol. The number of benzene rings is 1. The molecule has 0 aromatic heterocycles. The first-order chi connectivity index (χ1) is 15.7. The summed E-state index contributed by atoms with van der Waals surface area (Å²) in [5.74, 6) is -2.48. The number of hydrogen-bond acceptors (Lipinski definition) is 5. The summed E-state index contributed by atoms with van der Waals surface area (Å²) in [7, 11) is 1.44. The number of ketones is 1. The first-order valence-electron chi connectivity index (χ1n) is 11.8. The summed E-state index contributed by atoms with van der Waals surface area (Å²) in [5, 5.41) is 2.62. The fraction of sp³-hybridized carbons (Fsp3) is 0.640. The Morgan fingerprint density at radius 3 is 2.36 bits per heavy atom. The predicted octanol–water partition coefficient (Wildman–Crippen LogP) is 4.00. The molecule has 1 aliphatic heterocycles. The summed E-state index contributed by atoms with van der Waals surface area (Å²) in [6.45, 7) is 2.64. The molecule has 0 spiro atoms. The highest BCUT2D eigenvalue weighted by Crippen LogP contribution is 2.54. The second kappa shape index (κ2) is 9.49. The molecular weight excluding hydrogens is 430 g/mol. The molecule has 1 saturated heterocycles. The maximum atomic E-state index is 13.5. The number of nitrogens with one attached hydrogen (secondary N) is 1. The zero-order valence-corrected chi connectivity index (χ0v) is 19.2. The lowest BCUT2D eigenvalue weighted by Crippen LogP contribution is -2.40. The van der Waals surface area contributed by atoms with E-state index < -0.39 is 5.92 Å². The average molecular weight is 463 g/mol. The van der Waals surface area contributed by atoms with E-state index in [1.807, 2.05) is 0 Å². The van der Waals surface area contributed by atoms with Gasteiger partial charge >= 0.3 is 5.97 Å². The van der Waals surface area contributed by atoms with Gasteiger partial charge in [-0.3, -0.25) is 19.3 Å². The summed E-state index contributed by atoms with van der Waals surface area (Å²) >= 11 is 0. The number of amides is 1. The lowest BCUT2D eigenvalue weighted by molar-refractivity contribution is -0.147. The number of Topliss-reactive ketones (excluding diaryl/α,β-unsaturated/α-hetero) is 1. The molecule has 180 valence electrons. The van der Waals surface area contributed by atoms with E-state index in [4.69, 9.17) is 4.74 Å². The summed E-state index contributed by atoms with van der Waals surface area (Å²) in [6.07, 6.45) is 3.94. The Labute approximate surface area is 193 Å². The molecule has 0 radical (unpaired) electrons. The third-order valence-electron chi connectivity index (χ3n) is 7.59. The summed E-state index contributed by atoms with van der Waals surface area (Å²) in [5.41, 5.74) is 0.151. The van der Waals surface area contributed by atoms with Gasteiger partial charge in [0.1, 0.15) is 5.78 Å². The summed E-state index contributed by atoms with van der Waals surface area (Å²) < 4.78 is 31.8. The van der Waals surface area contributed by atoms with Crippen LogP contribution in [0.1, 0.15) is 51.0 Å². The molecule has 1 heterocycles. The van der Waals surface area contributed by atoms with E-state index in [-0.39, 0.29) is 47.9 Å². The molecule has 4 rings (SSSR count). The highest BCUT2D eigenvalue weighted by atomic mass is 19.3. The van der Waals surface area contributed by atoms with Crippen molar-refractivity contribution < 1.29 is 27.9 Å². The van der Waals surface area contributed by atoms with Gasteiger partial charge in [-0.2, -0.15) is 0 Å². The number of methoxy groups -OCH3 is 1. The van der Waals surface area contributed by atoms with Crippen LogP contribution in [-0.2, 0) is 25.0 Å². The number of rotatable bonds is 8. The van der Waals surface area contributed by atoms with E-state index in [9.17, 15) is 23.2 Å². The van der Waals surface area contributed by atoms with Crippen LogP contribution in [-0.4, -0.2) is 48.8 Å². The van der Waals surface area contributed by atoms with E-state index in [1.54, 1.807) is 6.07 Å². The van der Waals surface area contributed by atoms with Gasteiger partial charge < -0.3 is 10.1 Å². The topological polar surface area (TPSA) is 75.7 Å². The van der Waals surface area contributed by atoms with E-state index >= 15 is 0 Å². The first kappa shape index (κ1) is 23.8. The van der Waals surface area contributed by atoms with Gasteiger partial charge in [0.05, 0.1) is 13.0 Å². The number of carbonyl (C=O) groups is 3. The number of likely N-dealkylation sites (tertiary alicyclic amines) is 1. The molecule has 1 aromatic rings. The van der Waals surface area contributed by atoms with Crippen molar-refractivity contribution in [3.05, 3.63) is 29.8 Å². The van der Waals surface area contributed by atoms with Crippen LogP contribution < -0.4 is 5.32 Å². The van der Waals surface area contributed by atoms with E-state index in [0.717, 1.165) is 45.7 Å².